The molecule has 0 heterocycles. The third-order valence-corrected chi connectivity index (χ3v) is 2.00. The predicted molar refractivity (Wildman–Crippen MR) is 59.6 cm³/mol. The van der Waals surface area contributed by atoms with Crippen LogP contribution in [-0.4, -0.2) is 34.0 Å². The molecular formula is C11H24O4. The molecule has 0 spiro atoms. The molecule has 4 nitrogen and oxygen atoms in total. The lowest BCUT2D eigenvalue weighted by Crippen LogP contribution is -2.19. The summed E-state index contributed by atoms with van der Waals surface area (Å²) < 4.78 is 0. The lowest BCUT2D eigenvalue weighted by Gasteiger charge is -2.12. The molecule has 0 amide bonds. The van der Waals surface area contributed by atoms with Crippen LogP contribution in [0.15, 0.2) is 0 Å². The number of rotatable bonds is 3. The molecule has 0 aromatic rings. The van der Waals surface area contributed by atoms with E-state index >= 15 is 0 Å². The molecule has 2 unspecified atom stereocenters. The normalized spacial score (nSPS) is 14.9. The highest BCUT2D eigenvalue weighted by molar-refractivity contribution is 5.72. The zero-order valence-corrected chi connectivity index (χ0v) is 10.3. The van der Waals surface area contributed by atoms with E-state index in [1.54, 1.807) is 20.8 Å². The van der Waals surface area contributed by atoms with E-state index in [9.17, 15) is 4.79 Å². The summed E-state index contributed by atoms with van der Waals surface area (Å²) in [4.78, 5) is 10.0. The maximum atomic E-state index is 10.0. The highest BCUT2D eigenvalue weighted by atomic mass is 16.4. The number of carboxylic acids is 1. The lowest BCUT2D eigenvalue weighted by molar-refractivity contribution is -0.145. The summed E-state index contributed by atoms with van der Waals surface area (Å²) in [6.45, 7) is 8.79. The average Bonchev–Trinajstić information content (AvgIpc) is 2.14. The van der Waals surface area contributed by atoms with Crippen LogP contribution in [0.4, 0.5) is 0 Å². The first-order valence-electron chi connectivity index (χ1n) is 5.19. The van der Waals surface area contributed by atoms with Crippen molar-refractivity contribution in [1.82, 2.24) is 0 Å². The molecule has 0 saturated heterocycles. The SMILES string of the molecule is CC(C)(C)C(=O)O.CCC(O)C(C)CO. The average molecular weight is 220 g/mol. The molecule has 3 N–H and O–H groups in total. The number of hydrogen-bond acceptors (Lipinski definition) is 3. The van der Waals surface area contributed by atoms with E-state index in [0.29, 0.717) is 0 Å². The smallest absolute Gasteiger partial charge is 0.308 e. The van der Waals surface area contributed by atoms with Crippen LogP contribution in [0, 0.1) is 11.3 Å². The van der Waals surface area contributed by atoms with Crippen LogP contribution in [0.2, 0.25) is 0 Å². The van der Waals surface area contributed by atoms with Gasteiger partial charge in [-0.1, -0.05) is 13.8 Å². The fourth-order valence-electron chi connectivity index (χ4n) is 0.524. The number of aliphatic hydroxyl groups excluding tert-OH is 2. The van der Waals surface area contributed by atoms with Crippen molar-refractivity contribution in [3.63, 3.8) is 0 Å². The van der Waals surface area contributed by atoms with Gasteiger partial charge in [0.2, 0.25) is 0 Å². The maximum absolute atomic E-state index is 10.0. The second-order valence-corrected chi connectivity index (χ2v) is 4.69. The van der Waals surface area contributed by atoms with Crippen molar-refractivity contribution in [2.75, 3.05) is 6.61 Å². The third-order valence-electron chi connectivity index (χ3n) is 2.00. The number of aliphatic hydroxyl groups is 2. The van der Waals surface area contributed by atoms with Gasteiger partial charge in [0.1, 0.15) is 0 Å². The van der Waals surface area contributed by atoms with Gasteiger partial charge in [-0.05, 0) is 27.2 Å². The minimum absolute atomic E-state index is 0.0278. The quantitative estimate of drug-likeness (QED) is 0.673. The molecule has 0 aliphatic rings. The first-order chi connectivity index (χ1) is 6.66. The van der Waals surface area contributed by atoms with Crippen LogP contribution >= 0.6 is 0 Å². The summed E-state index contributed by atoms with van der Waals surface area (Å²) in [6, 6.07) is 0. The van der Waals surface area contributed by atoms with E-state index in [2.05, 4.69) is 0 Å². The molecule has 2 atom stereocenters. The molecule has 0 aromatic heterocycles. The van der Waals surface area contributed by atoms with Gasteiger partial charge in [0.25, 0.3) is 0 Å². The number of aliphatic carboxylic acids is 1. The van der Waals surface area contributed by atoms with Crippen LogP contribution in [0.5, 0.6) is 0 Å². The Kier molecular flexibility index (Phi) is 8.57. The van der Waals surface area contributed by atoms with Crippen LogP contribution < -0.4 is 0 Å². The molecule has 0 rings (SSSR count). The Morgan fingerprint density at radius 2 is 1.67 bits per heavy atom. The highest BCUT2D eigenvalue weighted by Gasteiger charge is 2.18. The predicted octanol–water partition coefficient (Wildman–Crippen LogP) is 1.50. The van der Waals surface area contributed by atoms with Gasteiger partial charge in [-0.15, -0.1) is 0 Å². The van der Waals surface area contributed by atoms with Crippen LogP contribution in [-0.2, 0) is 4.79 Å². The van der Waals surface area contributed by atoms with Crippen molar-refractivity contribution in [3.05, 3.63) is 0 Å². The van der Waals surface area contributed by atoms with E-state index in [1.807, 2.05) is 13.8 Å². The first-order valence-corrected chi connectivity index (χ1v) is 5.19. The van der Waals surface area contributed by atoms with Gasteiger partial charge >= 0.3 is 5.97 Å². The Bertz CT molecular complexity index is 164. The lowest BCUT2D eigenvalue weighted by atomic mass is 9.98. The van der Waals surface area contributed by atoms with Gasteiger partial charge in [-0.3, -0.25) is 4.79 Å². The van der Waals surface area contributed by atoms with Crippen molar-refractivity contribution < 1.29 is 20.1 Å². The molecule has 92 valence electrons. The summed E-state index contributed by atoms with van der Waals surface area (Å²) in [5.74, 6) is -0.729. The van der Waals surface area contributed by atoms with Crippen molar-refractivity contribution in [2.24, 2.45) is 11.3 Å². The van der Waals surface area contributed by atoms with Crippen molar-refractivity contribution in [3.8, 4) is 0 Å². The summed E-state index contributed by atoms with van der Waals surface area (Å²) in [5.41, 5.74) is -0.583. The summed E-state index contributed by atoms with van der Waals surface area (Å²) in [6.07, 6.45) is 0.391. The maximum Gasteiger partial charge on any atom is 0.308 e. The number of carbonyl (C=O) groups is 1. The molecular weight excluding hydrogens is 196 g/mol. The topological polar surface area (TPSA) is 77.8 Å². The molecule has 0 radical (unpaired) electrons. The second-order valence-electron chi connectivity index (χ2n) is 4.69. The summed E-state index contributed by atoms with van der Waals surface area (Å²) in [7, 11) is 0. The van der Waals surface area contributed by atoms with E-state index in [4.69, 9.17) is 15.3 Å². The first kappa shape index (κ1) is 16.8. The minimum Gasteiger partial charge on any atom is -0.481 e. The number of carboxylic acid groups (broad SMARTS) is 1. The van der Waals surface area contributed by atoms with Crippen molar-refractivity contribution in [1.29, 1.82) is 0 Å². The molecule has 0 aliphatic heterocycles. The van der Waals surface area contributed by atoms with Crippen LogP contribution in [0.25, 0.3) is 0 Å². The molecule has 0 bridgehead atoms. The summed E-state index contributed by atoms with van der Waals surface area (Å²) >= 11 is 0. The Morgan fingerprint density at radius 3 is 1.73 bits per heavy atom. The highest BCUT2D eigenvalue weighted by Crippen LogP contribution is 2.11. The van der Waals surface area contributed by atoms with E-state index in [1.165, 1.54) is 0 Å². The van der Waals surface area contributed by atoms with Gasteiger partial charge in [0.15, 0.2) is 0 Å². The molecule has 4 heteroatoms. The van der Waals surface area contributed by atoms with Crippen molar-refractivity contribution >= 4 is 5.97 Å². The van der Waals surface area contributed by atoms with E-state index in [-0.39, 0.29) is 18.6 Å². The second kappa shape index (κ2) is 7.65. The zero-order chi connectivity index (χ0) is 12.6. The molecule has 0 fully saturated rings. The van der Waals surface area contributed by atoms with Gasteiger partial charge in [0, 0.05) is 12.5 Å². The van der Waals surface area contributed by atoms with Crippen LogP contribution in [0.3, 0.4) is 0 Å². The summed E-state index contributed by atoms with van der Waals surface area (Å²) in [5, 5.41) is 25.7. The van der Waals surface area contributed by atoms with Crippen molar-refractivity contribution in [2.45, 2.75) is 47.1 Å². The third kappa shape index (κ3) is 9.69. The molecule has 0 saturated carbocycles. The number of hydrogen-bond donors (Lipinski definition) is 3. The Labute approximate surface area is 91.9 Å². The van der Waals surface area contributed by atoms with Gasteiger partial charge in [0.05, 0.1) is 11.5 Å². The molecule has 0 aliphatic carbocycles. The zero-order valence-electron chi connectivity index (χ0n) is 10.3. The molecule has 0 aromatic carbocycles. The van der Waals surface area contributed by atoms with Crippen LogP contribution in [0.1, 0.15) is 41.0 Å². The Balaban J connectivity index is 0. The van der Waals surface area contributed by atoms with Gasteiger partial charge in [-0.25, -0.2) is 0 Å². The van der Waals surface area contributed by atoms with E-state index < -0.39 is 11.4 Å². The fraction of sp³-hybridized carbons (Fsp3) is 0.909. The van der Waals surface area contributed by atoms with Gasteiger partial charge < -0.3 is 15.3 Å². The standard InChI is InChI=1S/C6H14O2.C5H10O2/c1-3-6(8)5(2)4-7;1-5(2,3)4(6)7/h5-8H,3-4H2,1-2H3;1-3H3,(H,6,7). The molecule has 15 heavy (non-hydrogen) atoms. The minimum atomic E-state index is -0.757. The monoisotopic (exact) mass is 220 g/mol. The Hall–Kier alpha value is -0.610. The van der Waals surface area contributed by atoms with E-state index in [0.717, 1.165) is 6.42 Å². The Morgan fingerprint density at radius 1 is 1.33 bits per heavy atom. The fourth-order valence-corrected chi connectivity index (χ4v) is 0.524. The largest absolute Gasteiger partial charge is 0.481 e. The van der Waals surface area contributed by atoms with Gasteiger partial charge in [-0.2, -0.15) is 0 Å².